The highest BCUT2D eigenvalue weighted by Crippen LogP contribution is 2.40. The Balaban J connectivity index is 0.000000187. The minimum absolute atomic E-state index is 0. The lowest BCUT2D eigenvalue weighted by atomic mass is 10.1. The number of halogens is 1. The second kappa shape index (κ2) is 20.7. The lowest BCUT2D eigenvalue weighted by molar-refractivity contribution is 0.0592. The third kappa shape index (κ3) is 11.2. The molecule has 5 heterocycles. The number of benzene rings is 3. The number of hydrogen-bond donors (Lipinski definition) is 2. The van der Waals surface area contributed by atoms with Crippen LogP contribution in [0.1, 0.15) is 90.9 Å². The summed E-state index contributed by atoms with van der Waals surface area (Å²) in [5.74, 6) is 0.0932. The summed E-state index contributed by atoms with van der Waals surface area (Å²) in [5.41, 5.74) is 14.9. The third-order valence-electron chi connectivity index (χ3n) is 10.4. The summed E-state index contributed by atoms with van der Waals surface area (Å²) in [4.78, 5) is 52.6. The van der Waals surface area contributed by atoms with Crippen molar-refractivity contribution >= 4 is 79.0 Å². The molecule has 8 aromatic rings. The fraction of sp³-hybridized carbons (Fsp3) is 0.204. The lowest BCUT2D eigenvalue weighted by Crippen LogP contribution is -2.24. The van der Waals surface area contributed by atoms with Crippen LogP contribution in [0.4, 0.5) is 5.82 Å². The first-order valence-corrected chi connectivity index (χ1v) is 20.9. The molecule has 64 heavy (non-hydrogen) atoms. The normalized spacial score (nSPS) is 11.6. The van der Waals surface area contributed by atoms with E-state index in [4.69, 9.17) is 5.73 Å². The average Bonchev–Trinajstić information content (AvgIpc) is 4.07. The first-order chi connectivity index (χ1) is 30.4. The molecule has 1 aliphatic carbocycles. The number of nitrogens with one attached hydrogen (secondary N) is 1. The van der Waals surface area contributed by atoms with Crippen LogP contribution in [0, 0.1) is 28.7 Å². The van der Waals surface area contributed by atoms with E-state index in [1.54, 1.807) is 53.6 Å². The predicted octanol–water partition coefficient (Wildman–Crippen LogP) is 9.04. The number of esters is 2. The number of carbonyl (C=O) groups is 3. The van der Waals surface area contributed by atoms with Gasteiger partial charge in [0.15, 0.2) is 5.69 Å². The molecule has 1 saturated carbocycles. The standard InChI is InChI=1S/C26H25N7O.C11H8INO2.C11H9NO2.CH4/c1-15-7-25(28)31-16(2)21(15)12-30-26(34)22-14-33(32-24(22)10-27)13-17-3-6-23-19(8-17)9-20(11-29-23)18-4-5-18;1-15-11(14)7-2-3-10-8(4-7)5-9(12)6-13-10;1-14-11(13)9-4-5-10-8(7-9)3-2-6-12-10;/h3,6-9,11,14,18H,4-5,12-13H2,1-2H3,(H2,28,31)(H,30,34);2-6H,1H3;2-7H,1H3;1H4. The van der Waals surface area contributed by atoms with Crippen LogP contribution in [0.25, 0.3) is 32.7 Å². The molecule has 9 rings (SSSR count). The van der Waals surface area contributed by atoms with Crippen molar-refractivity contribution in [2.24, 2.45) is 0 Å². The average molecular weight is 968 g/mol. The van der Waals surface area contributed by atoms with Gasteiger partial charge in [0.2, 0.25) is 0 Å². The number of hydrogen-bond acceptors (Lipinski definition) is 12. The molecule has 0 atom stereocenters. The SMILES string of the molecule is C.COC(=O)c1ccc2ncc(I)cc2c1.COC(=O)c1ccc2ncccc2c1.Cc1cc(N)nc(C)c1CNC(=O)c1cn(Cc2ccc3ncc(C4CC4)cc3c2)nc1C#N. The quantitative estimate of drug-likeness (QED) is 0.108. The Morgan fingerprint density at radius 3 is 2.14 bits per heavy atom. The molecular weight excluding hydrogens is 922 g/mol. The molecule has 15 heteroatoms. The molecule has 0 aliphatic heterocycles. The number of nitrogen functional groups attached to an aromatic ring is 1. The number of fused-ring (bicyclic) bond motifs is 3. The minimum atomic E-state index is -0.352. The molecule has 324 valence electrons. The molecule has 14 nitrogen and oxygen atoms in total. The van der Waals surface area contributed by atoms with E-state index in [1.165, 1.54) is 32.6 Å². The highest BCUT2D eigenvalue weighted by atomic mass is 127. The number of pyridine rings is 4. The number of aromatic nitrogens is 6. The smallest absolute Gasteiger partial charge is 0.337 e. The Morgan fingerprint density at radius 2 is 1.48 bits per heavy atom. The molecule has 0 spiro atoms. The summed E-state index contributed by atoms with van der Waals surface area (Å²) in [6.45, 7) is 4.53. The zero-order chi connectivity index (χ0) is 44.6. The van der Waals surface area contributed by atoms with E-state index in [2.05, 4.69) is 74.5 Å². The molecule has 3 N–H and O–H groups in total. The number of rotatable bonds is 8. The summed E-state index contributed by atoms with van der Waals surface area (Å²) < 4.78 is 12.0. The number of amides is 1. The Labute approximate surface area is 384 Å². The van der Waals surface area contributed by atoms with Crippen LogP contribution in [0.15, 0.2) is 110 Å². The number of nitrogens with zero attached hydrogens (tertiary/aromatic N) is 7. The molecule has 1 aliphatic rings. The van der Waals surface area contributed by atoms with Gasteiger partial charge in [-0.05, 0) is 150 Å². The fourth-order valence-electron chi connectivity index (χ4n) is 6.96. The van der Waals surface area contributed by atoms with E-state index in [-0.39, 0.29) is 36.5 Å². The van der Waals surface area contributed by atoms with Crippen LogP contribution < -0.4 is 11.1 Å². The maximum Gasteiger partial charge on any atom is 0.337 e. The first kappa shape index (κ1) is 46.2. The van der Waals surface area contributed by atoms with Crippen molar-refractivity contribution in [2.75, 3.05) is 20.0 Å². The molecule has 1 fully saturated rings. The van der Waals surface area contributed by atoms with Gasteiger partial charge in [-0.25, -0.2) is 14.6 Å². The van der Waals surface area contributed by atoms with Gasteiger partial charge in [0, 0.05) is 56.8 Å². The fourth-order valence-corrected chi connectivity index (χ4v) is 7.44. The summed E-state index contributed by atoms with van der Waals surface area (Å²) in [6, 6.07) is 28.5. The second-order valence-electron chi connectivity index (χ2n) is 14.8. The molecule has 3 aromatic carbocycles. The number of nitriles is 1. The Kier molecular flexibility index (Phi) is 14.9. The van der Waals surface area contributed by atoms with Crippen LogP contribution in [-0.4, -0.2) is 61.8 Å². The largest absolute Gasteiger partial charge is 0.465 e. The number of methoxy groups -OCH3 is 2. The zero-order valence-electron chi connectivity index (χ0n) is 34.9. The van der Waals surface area contributed by atoms with Gasteiger partial charge in [0.05, 0.1) is 54.0 Å². The van der Waals surface area contributed by atoms with Crippen LogP contribution in [0.3, 0.4) is 0 Å². The third-order valence-corrected chi connectivity index (χ3v) is 11.0. The molecule has 0 radical (unpaired) electrons. The second-order valence-corrected chi connectivity index (χ2v) is 16.1. The molecular formula is C49H46IN9O5. The van der Waals surface area contributed by atoms with Gasteiger partial charge >= 0.3 is 11.9 Å². The van der Waals surface area contributed by atoms with Crippen molar-refractivity contribution < 1.29 is 23.9 Å². The Hall–Kier alpha value is -7.32. The topological polar surface area (TPSA) is 201 Å². The van der Waals surface area contributed by atoms with Crippen molar-refractivity contribution in [3.05, 3.63) is 164 Å². The van der Waals surface area contributed by atoms with Crippen LogP contribution >= 0.6 is 22.6 Å². The zero-order valence-corrected chi connectivity index (χ0v) is 37.1. The first-order valence-electron chi connectivity index (χ1n) is 19.9. The molecule has 0 bridgehead atoms. The van der Waals surface area contributed by atoms with Gasteiger partial charge in [0.25, 0.3) is 5.91 Å². The van der Waals surface area contributed by atoms with E-state index in [9.17, 15) is 19.6 Å². The van der Waals surface area contributed by atoms with E-state index in [1.807, 2.05) is 68.6 Å². The summed E-state index contributed by atoms with van der Waals surface area (Å²) in [7, 11) is 2.75. The number of ether oxygens (including phenoxy) is 2. The number of aryl methyl sites for hydroxylation is 2. The monoisotopic (exact) mass is 967 g/mol. The van der Waals surface area contributed by atoms with Crippen LogP contribution in [-0.2, 0) is 22.6 Å². The van der Waals surface area contributed by atoms with Crippen LogP contribution in [0.5, 0.6) is 0 Å². The number of nitrogens with two attached hydrogens (primary N) is 1. The Morgan fingerprint density at radius 1 is 0.844 bits per heavy atom. The van der Waals surface area contributed by atoms with Crippen molar-refractivity contribution in [2.45, 2.75) is 53.1 Å². The maximum absolute atomic E-state index is 12.9. The van der Waals surface area contributed by atoms with Crippen molar-refractivity contribution in [1.82, 2.24) is 35.0 Å². The van der Waals surface area contributed by atoms with Crippen LogP contribution in [0.2, 0.25) is 0 Å². The molecule has 1 amide bonds. The van der Waals surface area contributed by atoms with Crippen molar-refractivity contribution in [3.63, 3.8) is 0 Å². The minimum Gasteiger partial charge on any atom is -0.465 e. The van der Waals surface area contributed by atoms with E-state index in [0.717, 1.165) is 58.7 Å². The maximum atomic E-state index is 12.9. The van der Waals surface area contributed by atoms with E-state index in [0.29, 0.717) is 36.0 Å². The van der Waals surface area contributed by atoms with E-state index >= 15 is 0 Å². The highest BCUT2D eigenvalue weighted by Gasteiger charge is 2.24. The summed E-state index contributed by atoms with van der Waals surface area (Å²) in [5, 5.41) is 19.7. The van der Waals surface area contributed by atoms with Gasteiger partial charge in [0.1, 0.15) is 11.9 Å². The molecule has 0 saturated heterocycles. The Bertz CT molecular complexity index is 3050. The highest BCUT2D eigenvalue weighted by molar-refractivity contribution is 14.1. The summed E-state index contributed by atoms with van der Waals surface area (Å²) >= 11 is 2.19. The van der Waals surface area contributed by atoms with Gasteiger partial charge in [-0.3, -0.25) is 24.4 Å². The molecule has 5 aromatic heterocycles. The van der Waals surface area contributed by atoms with Crippen molar-refractivity contribution in [1.29, 1.82) is 5.26 Å². The number of carbonyl (C=O) groups excluding carboxylic acids is 3. The van der Waals surface area contributed by atoms with Gasteiger partial charge in [-0.1, -0.05) is 19.6 Å². The summed E-state index contributed by atoms with van der Waals surface area (Å²) in [6.07, 6.45) is 9.57. The van der Waals surface area contributed by atoms with Gasteiger partial charge in [-0.15, -0.1) is 0 Å². The number of anilines is 1. The molecule has 0 unspecified atom stereocenters. The van der Waals surface area contributed by atoms with Gasteiger partial charge < -0.3 is 20.5 Å². The lowest BCUT2D eigenvalue weighted by Gasteiger charge is -2.11. The van der Waals surface area contributed by atoms with Crippen molar-refractivity contribution in [3.8, 4) is 6.07 Å². The van der Waals surface area contributed by atoms with Gasteiger partial charge in [-0.2, -0.15) is 10.4 Å². The van der Waals surface area contributed by atoms with E-state index < -0.39 is 0 Å². The predicted molar refractivity (Wildman–Crippen MR) is 255 cm³/mol.